The van der Waals surface area contributed by atoms with Gasteiger partial charge in [-0.2, -0.15) is 0 Å². The van der Waals surface area contributed by atoms with Gasteiger partial charge in [0.15, 0.2) is 31.3 Å². The molecule has 2 aromatic carbocycles. The summed E-state index contributed by atoms with van der Waals surface area (Å²) in [6.07, 6.45) is 3.60. The number of benzene rings is 2. The van der Waals surface area contributed by atoms with Gasteiger partial charge in [-0.25, -0.2) is 9.36 Å². The quantitative estimate of drug-likeness (QED) is 0.121. The number of carboxylic acids is 1. The number of carboxylic acid groups (broad SMARTS) is 1. The number of para-hydroxylation sites is 2. The van der Waals surface area contributed by atoms with Gasteiger partial charge in [0.2, 0.25) is 5.91 Å². The number of fused-ring (bicyclic) bond motifs is 1. The fourth-order valence-electron chi connectivity index (χ4n) is 4.82. The number of thioether (sulfide) groups is 1. The Kier molecular flexibility index (Phi) is 9.92. The van der Waals surface area contributed by atoms with Gasteiger partial charge in [-0.05, 0) is 11.6 Å². The number of aromatic nitrogens is 1. The average molecular weight is 622 g/mol. The van der Waals surface area contributed by atoms with Crippen LogP contribution in [0.1, 0.15) is 11.6 Å². The highest BCUT2D eigenvalue weighted by Crippen LogP contribution is 2.40. The van der Waals surface area contributed by atoms with Gasteiger partial charge in [-0.3, -0.25) is 29.4 Å². The zero-order valence-corrected chi connectivity index (χ0v) is 23.8. The number of nitro groups is 1. The number of nitrogens with one attached hydrogen (secondary N) is 2. The fraction of sp³-hybridized carbons (Fsp3) is 0.207. The SMILES string of the molecule is O=C(COc1ccccc1[N+](=O)[O-])N[C@H](C(=O)NC1C(=O)N2C(C(=O)O)=C(C[n+]3ccccc3)CS[C@@H]12)c1ccccc1.[OH-]. The number of β-lactam (4-membered cyclic amide) rings is 1. The Balaban J connectivity index is 0.00000442. The maximum atomic E-state index is 13.5. The highest BCUT2D eigenvalue weighted by atomic mass is 32.2. The molecule has 4 N–H and O–H groups in total. The van der Waals surface area contributed by atoms with Crippen LogP contribution in [0.15, 0.2) is 96.5 Å². The van der Waals surface area contributed by atoms with Gasteiger partial charge in [0.25, 0.3) is 11.8 Å². The summed E-state index contributed by atoms with van der Waals surface area (Å²) in [7, 11) is 0. The first kappa shape index (κ1) is 31.7. The molecule has 0 radical (unpaired) electrons. The summed E-state index contributed by atoms with van der Waals surface area (Å²) in [5.41, 5.74) is 0.574. The summed E-state index contributed by atoms with van der Waals surface area (Å²) in [6, 6.07) is 17.2. The maximum absolute atomic E-state index is 13.5. The van der Waals surface area contributed by atoms with Gasteiger partial charge < -0.3 is 26.0 Å². The third kappa shape index (κ3) is 6.68. The molecule has 5 rings (SSSR count). The number of hydrogen-bond donors (Lipinski definition) is 3. The minimum absolute atomic E-state index is 0. The lowest BCUT2D eigenvalue weighted by Gasteiger charge is -2.49. The number of rotatable bonds is 11. The molecule has 14 nitrogen and oxygen atoms in total. The molecule has 228 valence electrons. The molecule has 0 bridgehead atoms. The number of nitrogens with zero attached hydrogens (tertiary/aromatic N) is 3. The van der Waals surface area contributed by atoms with E-state index in [0.717, 1.165) is 0 Å². The second-order valence-electron chi connectivity index (χ2n) is 9.63. The van der Waals surface area contributed by atoms with Crippen molar-refractivity contribution in [3.05, 3.63) is 112 Å². The highest BCUT2D eigenvalue weighted by Gasteiger charge is 2.55. The first-order chi connectivity index (χ1) is 20.7. The summed E-state index contributed by atoms with van der Waals surface area (Å²) in [4.78, 5) is 63.5. The van der Waals surface area contributed by atoms with E-state index in [1.165, 1.54) is 40.9 Å². The molecular weight excluding hydrogens is 594 g/mol. The Labute approximate surface area is 254 Å². The van der Waals surface area contributed by atoms with Gasteiger partial charge in [0.05, 0.1) is 4.92 Å². The second kappa shape index (κ2) is 13.8. The van der Waals surface area contributed by atoms with E-state index in [0.29, 0.717) is 23.4 Å². The lowest BCUT2D eigenvalue weighted by Crippen LogP contribution is -2.71. The minimum atomic E-state index is -1.23. The first-order valence-electron chi connectivity index (χ1n) is 13.1. The van der Waals surface area contributed by atoms with Crippen molar-refractivity contribution in [3.8, 4) is 5.75 Å². The van der Waals surface area contributed by atoms with Crippen LogP contribution in [0.5, 0.6) is 5.75 Å². The van der Waals surface area contributed by atoms with Crippen molar-refractivity contribution in [2.75, 3.05) is 12.4 Å². The minimum Gasteiger partial charge on any atom is -0.870 e. The Bertz CT molecular complexity index is 1600. The zero-order valence-electron chi connectivity index (χ0n) is 22.9. The number of carbonyl (C=O) groups is 4. The third-order valence-corrected chi connectivity index (χ3v) is 8.16. The van der Waals surface area contributed by atoms with Gasteiger partial charge in [-0.1, -0.05) is 48.5 Å². The Morgan fingerprint density at radius 1 is 1.07 bits per heavy atom. The van der Waals surface area contributed by atoms with Crippen LogP contribution in [0.2, 0.25) is 0 Å². The number of nitro benzene ring substituents is 1. The molecular formula is C29H27N5O9S. The number of ether oxygens (including phenoxy) is 1. The number of amides is 3. The van der Waals surface area contributed by atoms with Crippen LogP contribution in [0.3, 0.4) is 0 Å². The van der Waals surface area contributed by atoms with Crippen LogP contribution >= 0.6 is 11.8 Å². The van der Waals surface area contributed by atoms with Gasteiger partial charge in [-0.15, -0.1) is 11.8 Å². The molecule has 15 heteroatoms. The molecule has 3 aromatic rings. The monoisotopic (exact) mass is 621 g/mol. The first-order valence-corrected chi connectivity index (χ1v) is 14.1. The molecule has 2 aliphatic heterocycles. The molecule has 3 atom stereocenters. The van der Waals surface area contributed by atoms with Gasteiger partial charge >= 0.3 is 11.7 Å². The topological polar surface area (TPSA) is 202 Å². The fourth-order valence-corrected chi connectivity index (χ4v) is 6.16. The van der Waals surface area contributed by atoms with E-state index >= 15 is 0 Å². The standard InChI is InChI=1S/C29H25N5O8S.H2O/c35-22(16-42-21-12-6-5-11-20(21)34(40)41)30-23(18-9-3-1-4-10-18)26(36)31-24-27(37)33-25(29(38)39)19(17-43-28(24)33)15-32-13-7-2-8-14-32;/h1-14,23-24,28H,15-17H2,(H2-,30,31,35,36,38,39);1H2/t23-,24?,28-;/m0./s1. The van der Waals surface area contributed by atoms with Crippen molar-refractivity contribution < 1.29 is 44.0 Å². The molecule has 1 unspecified atom stereocenters. The van der Waals surface area contributed by atoms with E-state index in [2.05, 4.69) is 10.6 Å². The van der Waals surface area contributed by atoms with Gasteiger partial charge in [0, 0.05) is 29.5 Å². The predicted molar refractivity (Wildman–Crippen MR) is 154 cm³/mol. The Hall–Kier alpha value is -5.28. The molecule has 0 saturated carbocycles. The zero-order chi connectivity index (χ0) is 30.5. The van der Waals surface area contributed by atoms with Crippen molar-refractivity contribution in [1.82, 2.24) is 15.5 Å². The van der Waals surface area contributed by atoms with E-state index in [-0.39, 0.29) is 22.6 Å². The summed E-state index contributed by atoms with van der Waals surface area (Å²) >= 11 is 1.34. The maximum Gasteiger partial charge on any atom is 0.352 e. The van der Waals surface area contributed by atoms with Crippen LogP contribution in [-0.4, -0.2) is 67.9 Å². The second-order valence-corrected chi connectivity index (χ2v) is 10.7. The van der Waals surface area contributed by atoms with Crippen molar-refractivity contribution in [2.24, 2.45) is 0 Å². The summed E-state index contributed by atoms with van der Waals surface area (Å²) in [5.74, 6) is -2.98. The highest BCUT2D eigenvalue weighted by molar-refractivity contribution is 8.00. The van der Waals surface area contributed by atoms with Crippen molar-refractivity contribution in [3.63, 3.8) is 0 Å². The molecule has 1 aromatic heterocycles. The van der Waals surface area contributed by atoms with Crippen molar-refractivity contribution in [2.45, 2.75) is 24.0 Å². The van der Waals surface area contributed by atoms with E-state index in [9.17, 15) is 34.4 Å². The summed E-state index contributed by atoms with van der Waals surface area (Å²) < 4.78 is 7.17. The Morgan fingerprint density at radius 3 is 2.41 bits per heavy atom. The molecule has 1 fully saturated rings. The normalized spacial score (nSPS) is 17.7. The van der Waals surface area contributed by atoms with Gasteiger partial charge in [0.1, 0.15) is 23.2 Å². The molecule has 2 aliphatic rings. The van der Waals surface area contributed by atoms with Crippen LogP contribution in [0.4, 0.5) is 5.69 Å². The van der Waals surface area contributed by atoms with Crippen LogP contribution < -0.4 is 19.9 Å². The smallest absolute Gasteiger partial charge is 0.352 e. The van der Waals surface area contributed by atoms with Crippen LogP contribution in [0.25, 0.3) is 0 Å². The number of pyridine rings is 1. The van der Waals surface area contributed by atoms with Crippen LogP contribution in [-0.2, 0) is 25.7 Å². The number of aliphatic carboxylic acids is 1. The molecule has 3 heterocycles. The lowest BCUT2D eigenvalue weighted by molar-refractivity contribution is -0.689. The molecule has 0 aliphatic carbocycles. The van der Waals surface area contributed by atoms with Crippen molar-refractivity contribution in [1.29, 1.82) is 0 Å². The lowest BCUT2D eigenvalue weighted by atomic mass is 10.0. The predicted octanol–water partition coefficient (Wildman–Crippen LogP) is 1.38. The largest absolute Gasteiger partial charge is 0.870 e. The van der Waals surface area contributed by atoms with E-state index in [1.807, 2.05) is 22.8 Å². The third-order valence-electron chi connectivity index (χ3n) is 6.82. The summed E-state index contributed by atoms with van der Waals surface area (Å²) in [5, 5.41) is 25.8. The molecule has 0 spiro atoms. The Morgan fingerprint density at radius 2 is 1.73 bits per heavy atom. The number of carbonyl (C=O) groups excluding carboxylic acids is 3. The van der Waals surface area contributed by atoms with E-state index < -0.39 is 52.7 Å². The van der Waals surface area contributed by atoms with E-state index in [1.54, 1.807) is 42.7 Å². The van der Waals surface area contributed by atoms with E-state index in [4.69, 9.17) is 4.74 Å². The number of hydrogen-bond acceptors (Lipinski definition) is 9. The molecule has 1 saturated heterocycles. The van der Waals surface area contributed by atoms with Crippen LogP contribution in [0, 0.1) is 10.1 Å². The summed E-state index contributed by atoms with van der Waals surface area (Å²) in [6.45, 7) is -0.315. The molecule has 3 amide bonds. The van der Waals surface area contributed by atoms with Crippen molar-refractivity contribution >= 4 is 41.1 Å². The molecule has 44 heavy (non-hydrogen) atoms. The average Bonchev–Trinajstić information content (AvgIpc) is 3.02.